The summed E-state index contributed by atoms with van der Waals surface area (Å²) in [7, 11) is 0. The standard InChI is InChI=1S/C12H19N3O/c1-8-3-4-10(7-9(8)2)16-11-5-6-14-12(13)15-11/h5-6,8-10H,3-4,7H2,1-2H3,(H2,13,14,15). The lowest BCUT2D eigenvalue weighted by molar-refractivity contribution is 0.0965. The first-order valence-corrected chi connectivity index (χ1v) is 5.90. The Morgan fingerprint density at radius 1 is 1.31 bits per heavy atom. The molecule has 88 valence electrons. The van der Waals surface area contributed by atoms with E-state index in [9.17, 15) is 0 Å². The Balaban J connectivity index is 1.95. The second-order valence-electron chi connectivity index (χ2n) is 4.76. The SMILES string of the molecule is CC1CCC(Oc2ccnc(N)n2)CC1C. The van der Waals surface area contributed by atoms with E-state index in [1.54, 1.807) is 12.3 Å². The van der Waals surface area contributed by atoms with Crippen molar-refractivity contribution in [2.75, 3.05) is 5.73 Å². The number of anilines is 1. The summed E-state index contributed by atoms with van der Waals surface area (Å²) in [5.74, 6) is 2.39. The number of nitrogen functional groups attached to an aromatic ring is 1. The number of hydrogen-bond donors (Lipinski definition) is 1. The van der Waals surface area contributed by atoms with Crippen molar-refractivity contribution in [3.63, 3.8) is 0 Å². The van der Waals surface area contributed by atoms with E-state index in [1.165, 1.54) is 6.42 Å². The fourth-order valence-electron chi connectivity index (χ4n) is 2.20. The fraction of sp³-hybridized carbons (Fsp3) is 0.667. The molecule has 0 aromatic carbocycles. The van der Waals surface area contributed by atoms with Gasteiger partial charge in [-0.05, 0) is 31.1 Å². The number of hydrogen-bond acceptors (Lipinski definition) is 4. The van der Waals surface area contributed by atoms with Gasteiger partial charge in [0.2, 0.25) is 11.8 Å². The maximum Gasteiger partial charge on any atom is 0.223 e. The molecule has 0 aliphatic heterocycles. The van der Waals surface area contributed by atoms with Gasteiger partial charge in [-0.25, -0.2) is 4.98 Å². The van der Waals surface area contributed by atoms with E-state index in [0.717, 1.165) is 24.7 Å². The van der Waals surface area contributed by atoms with Crippen LogP contribution in [0.1, 0.15) is 33.1 Å². The van der Waals surface area contributed by atoms with E-state index >= 15 is 0 Å². The zero-order valence-electron chi connectivity index (χ0n) is 9.89. The molecule has 0 amide bonds. The highest BCUT2D eigenvalue weighted by atomic mass is 16.5. The van der Waals surface area contributed by atoms with Gasteiger partial charge in [-0.2, -0.15) is 4.98 Å². The topological polar surface area (TPSA) is 61.0 Å². The lowest BCUT2D eigenvalue weighted by atomic mass is 9.80. The molecule has 3 atom stereocenters. The van der Waals surface area contributed by atoms with Gasteiger partial charge in [0.05, 0.1) is 0 Å². The van der Waals surface area contributed by atoms with Crippen LogP contribution in [0.4, 0.5) is 5.95 Å². The molecule has 0 bridgehead atoms. The Kier molecular flexibility index (Phi) is 3.27. The molecule has 4 heteroatoms. The molecule has 0 spiro atoms. The van der Waals surface area contributed by atoms with Crippen LogP contribution in [0, 0.1) is 11.8 Å². The van der Waals surface area contributed by atoms with Crippen LogP contribution in [0.25, 0.3) is 0 Å². The van der Waals surface area contributed by atoms with Gasteiger partial charge in [0, 0.05) is 12.3 Å². The summed E-state index contributed by atoms with van der Waals surface area (Å²) in [6.07, 6.45) is 5.35. The molecular weight excluding hydrogens is 202 g/mol. The van der Waals surface area contributed by atoms with Crippen molar-refractivity contribution in [2.24, 2.45) is 11.8 Å². The highest BCUT2D eigenvalue weighted by Gasteiger charge is 2.25. The van der Waals surface area contributed by atoms with Gasteiger partial charge in [-0.15, -0.1) is 0 Å². The molecule has 0 radical (unpaired) electrons. The lowest BCUT2D eigenvalue weighted by Crippen LogP contribution is -2.29. The van der Waals surface area contributed by atoms with Crippen molar-refractivity contribution in [3.8, 4) is 5.88 Å². The number of nitrogens with two attached hydrogens (primary N) is 1. The van der Waals surface area contributed by atoms with Crippen LogP contribution in [-0.4, -0.2) is 16.1 Å². The molecule has 1 saturated carbocycles. The molecule has 2 N–H and O–H groups in total. The normalized spacial score (nSPS) is 30.0. The van der Waals surface area contributed by atoms with Crippen molar-refractivity contribution in [3.05, 3.63) is 12.3 Å². The summed E-state index contributed by atoms with van der Waals surface area (Å²) in [6, 6.07) is 1.76. The lowest BCUT2D eigenvalue weighted by Gasteiger charge is -2.31. The van der Waals surface area contributed by atoms with Crippen LogP contribution < -0.4 is 10.5 Å². The number of rotatable bonds is 2. The largest absolute Gasteiger partial charge is 0.474 e. The van der Waals surface area contributed by atoms with Crippen LogP contribution in [0.3, 0.4) is 0 Å². The summed E-state index contributed by atoms with van der Waals surface area (Å²) in [4.78, 5) is 7.90. The minimum absolute atomic E-state index is 0.273. The minimum atomic E-state index is 0.273. The van der Waals surface area contributed by atoms with Gasteiger partial charge < -0.3 is 10.5 Å². The van der Waals surface area contributed by atoms with E-state index in [2.05, 4.69) is 23.8 Å². The van der Waals surface area contributed by atoms with Crippen molar-refractivity contribution in [2.45, 2.75) is 39.2 Å². The smallest absolute Gasteiger partial charge is 0.223 e. The molecule has 0 saturated heterocycles. The second kappa shape index (κ2) is 4.68. The van der Waals surface area contributed by atoms with E-state index in [4.69, 9.17) is 10.5 Å². The molecular formula is C12H19N3O. The minimum Gasteiger partial charge on any atom is -0.474 e. The van der Waals surface area contributed by atoms with Crippen LogP contribution in [0.5, 0.6) is 5.88 Å². The van der Waals surface area contributed by atoms with Crippen LogP contribution in [0.15, 0.2) is 12.3 Å². The zero-order valence-corrected chi connectivity index (χ0v) is 9.89. The van der Waals surface area contributed by atoms with Gasteiger partial charge in [0.1, 0.15) is 6.10 Å². The van der Waals surface area contributed by atoms with E-state index < -0.39 is 0 Å². The predicted octanol–water partition coefficient (Wildman–Crippen LogP) is 2.26. The third-order valence-electron chi connectivity index (χ3n) is 3.49. The molecule has 4 nitrogen and oxygen atoms in total. The van der Waals surface area contributed by atoms with Crippen molar-refractivity contribution in [1.82, 2.24) is 9.97 Å². The third kappa shape index (κ3) is 2.62. The van der Waals surface area contributed by atoms with Crippen LogP contribution in [-0.2, 0) is 0 Å². The summed E-state index contributed by atoms with van der Waals surface area (Å²) < 4.78 is 5.82. The van der Waals surface area contributed by atoms with Crippen molar-refractivity contribution in [1.29, 1.82) is 0 Å². The first kappa shape index (κ1) is 11.2. The maximum atomic E-state index is 5.82. The average molecular weight is 221 g/mol. The fourth-order valence-corrected chi connectivity index (χ4v) is 2.20. The Morgan fingerprint density at radius 2 is 2.12 bits per heavy atom. The first-order valence-electron chi connectivity index (χ1n) is 5.90. The Labute approximate surface area is 96.2 Å². The van der Waals surface area contributed by atoms with Crippen molar-refractivity contribution < 1.29 is 4.74 Å². The summed E-state index contributed by atoms with van der Waals surface area (Å²) in [5, 5.41) is 0. The van der Waals surface area contributed by atoms with Crippen molar-refractivity contribution >= 4 is 5.95 Å². The Morgan fingerprint density at radius 3 is 2.81 bits per heavy atom. The monoisotopic (exact) mass is 221 g/mol. The average Bonchev–Trinajstić information content (AvgIpc) is 2.24. The first-order chi connectivity index (χ1) is 7.65. The summed E-state index contributed by atoms with van der Waals surface area (Å²) in [6.45, 7) is 4.60. The molecule has 1 heterocycles. The van der Waals surface area contributed by atoms with Gasteiger partial charge in [-0.1, -0.05) is 13.8 Å². The summed E-state index contributed by atoms with van der Waals surface area (Å²) >= 11 is 0. The zero-order chi connectivity index (χ0) is 11.5. The maximum absolute atomic E-state index is 5.82. The summed E-state index contributed by atoms with van der Waals surface area (Å²) in [5.41, 5.74) is 5.51. The molecule has 1 aliphatic rings. The third-order valence-corrected chi connectivity index (χ3v) is 3.49. The van der Waals surface area contributed by atoms with Gasteiger partial charge in [0.15, 0.2) is 0 Å². The number of ether oxygens (including phenoxy) is 1. The van der Waals surface area contributed by atoms with Gasteiger partial charge >= 0.3 is 0 Å². The second-order valence-corrected chi connectivity index (χ2v) is 4.76. The van der Waals surface area contributed by atoms with E-state index in [1.807, 2.05) is 0 Å². The van der Waals surface area contributed by atoms with E-state index in [0.29, 0.717) is 5.88 Å². The number of aromatic nitrogens is 2. The quantitative estimate of drug-likeness (QED) is 0.832. The molecule has 16 heavy (non-hydrogen) atoms. The molecule has 1 fully saturated rings. The molecule has 1 aliphatic carbocycles. The Hall–Kier alpha value is -1.32. The molecule has 1 aromatic heterocycles. The molecule has 1 aromatic rings. The highest BCUT2D eigenvalue weighted by molar-refractivity contribution is 5.20. The Bertz CT molecular complexity index is 356. The van der Waals surface area contributed by atoms with E-state index in [-0.39, 0.29) is 12.1 Å². The predicted molar refractivity (Wildman–Crippen MR) is 63.0 cm³/mol. The van der Waals surface area contributed by atoms with Crippen LogP contribution in [0.2, 0.25) is 0 Å². The highest BCUT2D eigenvalue weighted by Crippen LogP contribution is 2.31. The number of nitrogens with zero attached hydrogens (tertiary/aromatic N) is 2. The molecule has 2 rings (SSSR count). The van der Waals surface area contributed by atoms with Gasteiger partial charge in [0.25, 0.3) is 0 Å². The van der Waals surface area contributed by atoms with Crippen LogP contribution >= 0.6 is 0 Å². The molecule has 3 unspecified atom stereocenters. The van der Waals surface area contributed by atoms with Gasteiger partial charge in [-0.3, -0.25) is 0 Å².